The van der Waals surface area contributed by atoms with Gasteiger partial charge in [0.25, 0.3) is 0 Å². The molecular weight excluding hydrogens is 134 g/mol. The van der Waals surface area contributed by atoms with Gasteiger partial charge in [0.05, 0.1) is 0 Å². The number of nitrogens with one attached hydrogen (secondary N) is 1. The van der Waals surface area contributed by atoms with E-state index in [2.05, 4.69) is 17.5 Å². The second-order valence-corrected chi connectivity index (χ2v) is 3.74. The van der Waals surface area contributed by atoms with Crippen LogP contribution < -0.4 is 5.32 Å². The molecule has 1 heteroatoms. The van der Waals surface area contributed by atoms with Crippen molar-refractivity contribution in [3.05, 3.63) is 12.2 Å². The van der Waals surface area contributed by atoms with E-state index in [1.807, 2.05) is 0 Å². The molecule has 2 atom stereocenters. The fourth-order valence-corrected chi connectivity index (χ4v) is 2.25. The minimum Gasteiger partial charge on any atom is -0.310 e. The molecule has 1 N–H and O–H groups in total. The minimum absolute atomic E-state index is 0.714. The van der Waals surface area contributed by atoms with E-state index in [4.69, 9.17) is 0 Å². The third kappa shape index (κ3) is 1.64. The van der Waals surface area contributed by atoms with Gasteiger partial charge in [0, 0.05) is 6.04 Å². The van der Waals surface area contributed by atoms with Crippen LogP contribution in [-0.4, -0.2) is 12.6 Å². The smallest absolute Gasteiger partial charge is 0.0278 e. The quantitative estimate of drug-likeness (QED) is 0.523. The van der Waals surface area contributed by atoms with Crippen molar-refractivity contribution >= 4 is 0 Å². The molecule has 2 rings (SSSR count). The Morgan fingerprint density at radius 3 is 3.18 bits per heavy atom. The van der Waals surface area contributed by atoms with Gasteiger partial charge in [-0.2, -0.15) is 0 Å². The molecule has 2 aliphatic rings. The Hall–Kier alpha value is -0.300. The molecule has 0 spiro atoms. The highest BCUT2D eigenvalue weighted by atomic mass is 14.9. The van der Waals surface area contributed by atoms with Crippen molar-refractivity contribution in [3.8, 4) is 0 Å². The van der Waals surface area contributed by atoms with Crippen LogP contribution in [0.25, 0.3) is 0 Å². The predicted molar refractivity (Wildman–Crippen MR) is 47.5 cm³/mol. The standard InChI is InChI=1S/C10H17N/c1-2-7-10-9(5-1)6-3-4-8-11-10/h2,7,9-11H,1,3-6,8H2. The van der Waals surface area contributed by atoms with E-state index < -0.39 is 0 Å². The highest BCUT2D eigenvalue weighted by molar-refractivity contribution is 5.02. The van der Waals surface area contributed by atoms with Gasteiger partial charge in [0.15, 0.2) is 0 Å². The monoisotopic (exact) mass is 151 g/mol. The summed E-state index contributed by atoms with van der Waals surface area (Å²) in [6, 6.07) is 0.714. The molecule has 1 heterocycles. The summed E-state index contributed by atoms with van der Waals surface area (Å²) in [5.41, 5.74) is 0. The van der Waals surface area contributed by atoms with Crippen molar-refractivity contribution in [2.45, 2.75) is 38.1 Å². The summed E-state index contributed by atoms with van der Waals surface area (Å²) in [5.74, 6) is 0.947. The van der Waals surface area contributed by atoms with E-state index in [9.17, 15) is 0 Å². The van der Waals surface area contributed by atoms with Gasteiger partial charge in [-0.05, 0) is 38.1 Å². The average Bonchev–Trinajstić information content (AvgIpc) is 2.28. The molecule has 1 saturated heterocycles. The molecule has 1 aliphatic heterocycles. The lowest BCUT2D eigenvalue weighted by atomic mass is 9.87. The van der Waals surface area contributed by atoms with Crippen molar-refractivity contribution in [1.29, 1.82) is 0 Å². The second-order valence-electron chi connectivity index (χ2n) is 3.74. The van der Waals surface area contributed by atoms with E-state index >= 15 is 0 Å². The fourth-order valence-electron chi connectivity index (χ4n) is 2.25. The van der Waals surface area contributed by atoms with E-state index in [0.717, 1.165) is 5.92 Å². The highest BCUT2D eigenvalue weighted by Gasteiger charge is 2.22. The Kier molecular flexibility index (Phi) is 2.27. The first kappa shape index (κ1) is 7.35. The highest BCUT2D eigenvalue weighted by Crippen LogP contribution is 2.25. The van der Waals surface area contributed by atoms with Crippen molar-refractivity contribution in [2.24, 2.45) is 5.92 Å². The number of hydrogen-bond acceptors (Lipinski definition) is 1. The maximum atomic E-state index is 3.60. The van der Waals surface area contributed by atoms with Crippen LogP contribution in [0.2, 0.25) is 0 Å². The first-order valence-electron chi connectivity index (χ1n) is 4.87. The SMILES string of the molecule is C1=CC2NCCCCC2CC1. The van der Waals surface area contributed by atoms with Crippen LogP contribution in [0.4, 0.5) is 0 Å². The Morgan fingerprint density at radius 2 is 2.18 bits per heavy atom. The average molecular weight is 151 g/mol. The van der Waals surface area contributed by atoms with Gasteiger partial charge >= 0.3 is 0 Å². The maximum absolute atomic E-state index is 3.60. The molecule has 1 aliphatic carbocycles. The van der Waals surface area contributed by atoms with E-state index in [0.29, 0.717) is 6.04 Å². The van der Waals surface area contributed by atoms with Gasteiger partial charge in [0.1, 0.15) is 0 Å². The Balaban J connectivity index is 2.02. The van der Waals surface area contributed by atoms with Crippen LogP contribution >= 0.6 is 0 Å². The summed E-state index contributed by atoms with van der Waals surface area (Å²) in [6.45, 7) is 1.23. The van der Waals surface area contributed by atoms with Crippen LogP contribution in [0.1, 0.15) is 32.1 Å². The van der Waals surface area contributed by atoms with Crippen LogP contribution in [0.5, 0.6) is 0 Å². The van der Waals surface area contributed by atoms with Crippen molar-refractivity contribution < 1.29 is 0 Å². The minimum atomic E-state index is 0.714. The van der Waals surface area contributed by atoms with E-state index in [1.165, 1.54) is 38.6 Å². The fraction of sp³-hybridized carbons (Fsp3) is 0.800. The molecule has 0 aromatic carbocycles. The second kappa shape index (κ2) is 3.40. The number of hydrogen-bond donors (Lipinski definition) is 1. The lowest BCUT2D eigenvalue weighted by Gasteiger charge is -2.25. The number of rotatable bonds is 0. The van der Waals surface area contributed by atoms with Crippen molar-refractivity contribution in [2.75, 3.05) is 6.54 Å². The van der Waals surface area contributed by atoms with E-state index in [-0.39, 0.29) is 0 Å². The van der Waals surface area contributed by atoms with Gasteiger partial charge < -0.3 is 5.32 Å². The summed E-state index contributed by atoms with van der Waals surface area (Å²) in [4.78, 5) is 0. The third-order valence-electron chi connectivity index (χ3n) is 2.94. The molecule has 11 heavy (non-hydrogen) atoms. The summed E-state index contributed by atoms with van der Waals surface area (Å²) in [5, 5.41) is 3.60. The number of fused-ring (bicyclic) bond motifs is 1. The topological polar surface area (TPSA) is 12.0 Å². The molecule has 0 saturated carbocycles. The van der Waals surface area contributed by atoms with Crippen LogP contribution in [0.3, 0.4) is 0 Å². The Bertz CT molecular complexity index is 151. The zero-order valence-corrected chi connectivity index (χ0v) is 7.05. The van der Waals surface area contributed by atoms with Gasteiger partial charge in [-0.3, -0.25) is 0 Å². The van der Waals surface area contributed by atoms with Crippen LogP contribution in [0.15, 0.2) is 12.2 Å². The van der Waals surface area contributed by atoms with Gasteiger partial charge in [-0.15, -0.1) is 0 Å². The Morgan fingerprint density at radius 1 is 1.18 bits per heavy atom. The van der Waals surface area contributed by atoms with Gasteiger partial charge in [-0.25, -0.2) is 0 Å². The van der Waals surface area contributed by atoms with Crippen LogP contribution in [-0.2, 0) is 0 Å². The summed E-state index contributed by atoms with van der Waals surface area (Å²) >= 11 is 0. The van der Waals surface area contributed by atoms with E-state index in [1.54, 1.807) is 0 Å². The molecule has 62 valence electrons. The molecule has 0 aromatic rings. The summed E-state index contributed by atoms with van der Waals surface area (Å²) in [7, 11) is 0. The zero-order valence-electron chi connectivity index (χ0n) is 7.05. The molecule has 1 nitrogen and oxygen atoms in total. The van der Waals surface area contributed by atoms with Gasteiger partial charge in [0.2, 0.25) is 0 Å². The molecule has 0 amide bonds. The predicted octanol–water partition coefficient (Wildman–Crippen LogP) is 2.09. The zero-order chi connectivity index (χ0) is 7.52. The van der Waals surface area contributed by atoms with Crippen LogP contribution in [0, 0.1) is 5.92 Å². The maximum Gasteiger partial charge on any atom is 0.0278 e. The summed E-state index contributed by atoms with van der Waals surface area (Å²) < 4.78 is 0. The van der Waals surface area contributed by atoms with Gasteiger partial charge in [-0.1, -0.05) is 18.6 Å². The molecule has 0 bridgehead atoms. The largest absolute Gasteiger partial charge is 0.310 e. The molecular formula is C10H17N. The van der Waals surface area contributed by atoms with Crippen molar-refractivity contribution in [1.82, 2.24) is 5.32 Å². The molecule has 0 aromatic heterocycles. The normalized spacial score (nSPS) is 37.8. The molecule has 1 fully saturated rings. The lowest BCUT2D eigenvalue weighted by molar-refractivity contribution is 0.376. The number of allylic oxidation sites excluding steroid dienone is 1. The molecule has 2 unspecified atom stereocenters. The summed E-state index contributed by atoms with van der Waals surface area (Å²) in [6.07, 6.45) is 11.7. The lowest BCUT2D eigenvalue weighted by Crippen LogP contribution is -2.34. The molecule has 0 radical (unpaired) electrons. The first-order chi connectivity index (χ1) is 5.47. The first-order valence-corrected chi connectivity index (χ1v) is 4.87. The third-order valence-corrected chi connectivity index (χ3v) is 2.94. The Labute approximate surface area is 68.9 Å². The van der Waals surface area contributed by atoms with Crippen molar-refractivity contribution in [3.63, 3.8) is 0 Å².